The van der Waals surface area contributed by atoms with Crippen molar-refractivity contribution in [2.75, 3.05) is 5.32 Å². The van der Waals surface area contributed by atoms with Crippen molar-refractivity contribution in [3.8, 4) is 5.69 Å². The van der Waals surface area contributed by atoms with Gasteiger partial charge in [-0.2, -0.15) is 5.10 Å². The van der Waals surface area contributed by atoms with Gasteiger partial charge in [-0.25, -0.2) is 9.07 Å². The second kappa shape index (κ2) is 6.20. The number of fused-ring (bicyclic) bond motifs is 1. The third-order valence-corrected chi connectivity index (χ3v) is 3.91. The topological polar surface area (TPSA) is 46.9 Å². The fraction of sp³-hybridized carbons (Fsp3) is 0. The van der Waals surface area contributed by atoms with Crippen molar-refractivity contribution in [1.82, 2.24) is 9.78 Å². The summed E-state index contributed by atoms with van der Waals surface area (Å²) in [5, 5.41) is 8.31. The van der Waals surface area contributed by atoms with Gasteiger partial charge in [0.05, 0.1) is 16.8 Å². The van der Waals surface area contributed by atoms with Crippen LogP contribution in [0.2, 0.25) is 0 Å². The van der Waals surface area contributed by atoms with E-state index >= 15 is 0 Å². The number of nitrogens with one attached hydrogen (secondary N) is 1. The molecule has 0 spiro atoms. The van der Waals surface area contributed by atoms with E-state index in [9.17, 15) is 9.18 Å². The van der Waals surface area contributed by atoms with Gasteiger partial charge in [0.15, 0.2) is 0 Å². The van der Waals surface area contributed by atoms with Gasteiger partial charge in [-0.1, -0.05) is 30.3 Å². The molecule has 3 aromatic carbocycles. The standard InChI is InChI=1S/C20H14FN3O/c21-15-9-11-16(12-10-15)22-20(25)17-6-2-4-8-19(17)24-13-14-5-1-3-7-18(14)23-24/h1-13H,(H,22,25). The Kier molecular flexibility index (Phi) is 3.74. The molecule has 0 aliphatic heterocycles. The Balaban J connectivity index is 1.70. The van der Waals surface area contributed by atoms with Gasteiger partial charge in [0.25, 0.3) is 5.91 Å². The maximum atomic E-state index is 13.0. The lowest BCUT2D eigenvalue weighted by Crippen LogP contribution is -2.15. The van der Waals surface area contributed by atoms with Gasteiger partial charge in [0.2, 0.25) is 0 Å². The largest absolute Gasteiger partial charge is 0.322 e. The van der Waals surface area contributed by atoms with E-state index in [0.29, 0.717) is 16.9 Å². The van der Waals surface area contributed by atoms with Gasteiger partial charge >= 0.3 is 0 Å². The van der Waals surface area contributed by atoms with Crippen molar-refractivity contribution in [2.24, 2.45) is 0 Å². The van der Waals surface area contributed by atoms with E-state index in [1.165, 1.54) is 24.3 Å². The molecule has 0 radical (unpaired) electrons. The summed E-state index contributed by atoms with van der Waals surface area (Å²) in [7, 11) is 0. The van der Waals surface area contributed by atoms with E-state index < -0.39 is 0 Å². The predicted molar refractivity (Wildman–Crippen MR) is 95.4 cm³/mol. The van der Waals surface area contributed by atoms with Crippen LogP contribution in [-0.2, 0) is 0 Å². The van der Waals surface area contributed by atoms with Crippen LogP contribution < -0.4 is 5.32 Å². The number of para-hydroxylation sites is 1. The van der Waals surface area contributed by atoms with Gasteiger partial charge in [0, 0.05) is 17.3 Å². The molecule has 0 unspecified atom stereocenters. The lowest BCUT2D eigenvalue weighted by atomic mass is 10.1. The summed E-state index contributed by atoms with van der Waals surface area (Å²) >= 11 is 0. The average Bonchev–Trinajstić information content (AvgIpc) is 3.07. The molecular weight excluding hydrogens is 317 g/mol. The Labute approximate surface area is 143 Å². The number of carbonyl (C=O) groups is 1. The van der Waals surface area contributed by atoms with E-state index in [2.05, 4.69) is 10.4 Å². The second-order valence-electron chi connectivity index (χ2n) is 5.61. The van der Waals surface area contributed by atoms with Crippen molar-refractivity contribution in [2.45, 2.75) is 0 Å². The highest BCUT2D eigenvalue weighted by atomic mass is 19.1. The number of hydrogen-bond donors (Lipinski definition) is 1. The number of carbonyl (C=O) groups excluding carboxylic acids is 1. The number of anilines is 1. The third kappa shape index (κ3) is 2.99. The van der Waals surface area contributed by atoms with E-state index in [-0.39, 0.29) is 11.7 Å². The lowest BCUT2D eigenvalue weighted by Gasteiger charge is -2.10. The van der Waals surface area contributed by atoms with Crippen molar-refractivity contribution in [3.05, 3.63) is 90.4 Å². The zero-order valence-electron chi connectivity index (χ0n) is 13.2. The van der Waals surface area contributed by atoms with Gasteiger partial charge in [-0.15, -0.1) is 0 Å². The molecule has 1 amide bonds. The first kappa shape index (κ1) is 15.1. The molecule has 1 N–H and O–H groups in total. The van der Waals surface area contributed by atoms with Gasteiger partial charge < -0.3 is 5.32 Å². The predicted octanol–water partition coefficient (Wildman–Crippen LogP) is 4.42. The first-order valence-corrected chi connectivity index (χ1v) is 7.81. The summed E-state index contributed by atoms with van der Waals surface area (Å²) in [6.45, 7) is 0. The SMILES string of the molecule is O=C(Nc1ccc(F)cc1)c1ccccc1-n1cc2ccccc2n1. The summed E-state index contributed by atoms with van der Waals surface area (Å²) in [6.07, 6.45) is 1.89. The Morgan fingerprint density at radius 2 is 1.64 bits per heavy atom. The van der Waals surface area contributed by atoms with Gasteiger partial charge in [0.1, 0.15) is 5.82 Å². The highest BCUT2D eigenvalue weighted by Crippen LogP contribution is 2.20. The molecule has 4 rings (SSSR count). The number of amides is 1. The molecule has 4 aromatic rings. The number of rotatable bonds is 3. The molecule has 5 heteroatoms. The van der Waals surface area contributed by atoms with Crippen LogP contribution in [0.25, 0.3) is 16.6 Å². The first-order chi connectivity index (χ1) is 12.2. The first-order valence-electron chi connectivity index (χ1n) is 7.81. The molecule has 0 saturated carbocycles. The summed E-state index contributed by atoms with van der Waals surface area (Å²) in [6, 6.07) is 20.7. The van der Waals surface area contributed by atoms with Crippen LogP contribution in [-0.4, -0.2) is 15.7 Å². The minimum atomic E-state index is -0.346. The monoisotopic (exact) mass is 331 g/mol. The fourth-order valence-corrected chi connectivity index (χ4v) is 2.68. The van der Waals surface area contributed by atoms with Crippen LogP contribution in [0.4, 0.5) is 10.1 Å². The third-order valence-electron chi connectivity index (χ3n) is 3.91. The highest BCUT2D eigenvalue weighted by molar-refractivity contribution is 6.06. The van der Waals surface area contributed by atoms with E-state index in [4.69, 9.17) is 0 Å². The average molecular weight is 331 g/mol. The number of halogens is 1. The molecule has 0 aliphatic rings. The van der Waals surface area contributed by atoms with Crippen molar-refractivity contribution < 1.29 is 9.18 Å². The smallest absolute Gasteiger partial charge is 0.257 e. The molecule has 122 valence electrons. The molecule has 0 aliphatic carbocycles. The van der Waals surface area contributed by atoms with Crippen molar-refractivity contribution in [1.29, 1.82) is 0 Å². The van der Waals surface area contributed by atoms with Crippen LogP contribution in [0.3, 0.4) is 0 Å². The molecule has 0 atom stereocenters. The number of hydrogen-bond acceptors (Lipinski definition) is 2. The Morgan fingerprint density at radius 1 is 0.920 bits per heavy atom. The molecule has 1 aromatic heterocycles. The Bertz CT molecular complexity index is 1020. The van der Waals surface area contributed by atoms with Gasteiger partial charge in [-0.3, -0.25) is 4.79 Å². The Hall–Kier alpha value is -3.47. The molecule has 0 bridgehead atoms. The van der Waals surface area contributed by atoms with Crippen LogP contribution in [0.5, 0.6) is 0 Å². The molecule has 1 heterocycles. The summed E-state index contributed by atoms with van der Waals surface area (Å²) in [4.78, 5) is 12.7. The number of nitrogens with zero attached hydrogens (tertiary/aromatic N) is 2. The van der Waals surface area contributed by atoms with Gasteiger partial charge in [-0.05, 0) is 42.5 Å². The minimum absolute atomic E-state index is 0.276. The molecule has 25 heavy (non-hydrogen) atoms. The number of aromatic nitrogens is 2. The van der Waals surface area contributed by atoms with Crippen molar-refractivity contribution in [3.63, 3.8) is 0 Å². The summed E-state index contributed by atoms with van der Waals surface area (Å²) < 4.78 is 14.7. The maximum Gasteiger partial charge on any atom is 0.257 e. The maximum absolute atomic E-state index is 13.0. The summed E-state index contributed by atoms with van der Waals surface area (Å²) in [5.74, 6) is -0.622. The molecule has 0 fully saturated rings. The molecule has 4 nitrogen and oxygen atoms in total. The van der Waals surface area contributed by atoms with Crippen molar-refractivity contribution >= 4 is 22.5 Å². The van der Waals surface area contributed by atoms with E-state index in [0.717, 1.165) is 10.9 Å². The summed E-state index contributed by atoms with van der Waals surface area (Å²) in [5.41, 5.74) is 2.56. The van der Waals surface area contributed by atoms with Crippen LogP contribution >= 0.6 is 0 Å². The van der Waals surface area contributed by atoms with Crippen LogP contribution in [0.15, 0.2) is 79.0 Å². The Morgan fingerprint density at radius 3 is 2.44 bits per heavy atom. The second-order valence-corrected chi connectivity index (χ2v) is 5.61. The zero-order valence-corrected chi connectivity index (χ0v) is 13.2. The highest BCUT2D eigenvalue weighted by Gasteiger charge is 2.14. The van der Waals surface area contributed by atoms with Crippen LogP contribution in [0.1, 0.15) is 10.4 Å². The minimum Gasteiger partial charge on any atom is -0.322 e. The zero-order chi connectivity index (χ0) is 17.2. The van der Waals surface area contributed by atoms with E-state index in [1.807, 2.05) is 42.6 Å². The van der Waals surface area contributed by atoms with Crippen LogP contribution in [0, 0.1) is 5.82 Å². The quantitative estimate of drug-likeness (QED) is 0.604. The fourth-order valence-electron chi connectivity index (χ4n) is 2.68. The van der Waals surface area contributed by atoms with E-state index in [1.54, 1.807) is 16.8 Å². The normalized spacial score (nSPS) is 10.8. The number of benzene rings is 3. The molecular formula is C20H14FN3O. The molecule has 0 saturated heterocycles. The lowest BCUT2D eigenvalue weighted by molar-refractivity contribution is 0.102.